The first-order chi connectivity index (χ1) is 15.2. The van der Waals surface area contributed by atoms with Gasteiger partial charge in [0.1, 0.15) is 29.4 Å². The van der Waals surface area contributed by atoms with Crippen molar-refractivity contribution in [2.24, 2.45) is 0 Å². The van der Waals surface area contributed by atoms with Crippen LogP contribution in [0.5, 0.6) is 17.2 Å². The third-order valence-electron chi connectivity index (χ3n) is 5.75. The summed E-state index contributed by atoms with van der Waals surface area (Å²) in [4.78, 5) is 0. The van der Waals surface area contributed by atoms with Crippen molar-refractivity contribution < 1.29 is 22.6 Å². The molecule has 3 aromatic rings. The van der Waals surface area contributed by atoms with E-state index in [1.807, 2.05) is 44.2 Å². The number of anilines is 1. The molecule has 0 aliphatic heterocycles. The second-order valence-corrected chi connectivity index (χ2v) is 8.38. The number of hydrogen-bond acceptors (Lipinski definition) is 3. The van der Waals surface area contributed by atoms with E-state index < -0.39 is 11.7 Å². The van der Waals surface area contributed by atoms with Gasteiger partial charge >= 0.3 is 6.18 Å². The molecular formula is C26H26F3NO2. The van der Waals surface area contributed by atoms with Crippen molar-refractivity contribution in [1.82, 2.24) is 0 Å². The standard InChI is InChI=1S/C26H26F3NO2/c1-16(2)21-13-18(11-12-24(21)31-15-17-7-4-3-5-8-17)32-25-20-10-6-9-19(20)23(30)14-22(25)26(27,28)29/h3-5,7-8,11-14,16H,6,9-10,15,30H2,1-2H3. The largest absolute Gasteiger partial charge is 0.489 e. The fourth-order valence-corrected chi connectivity index (χ4v) is 4.14. The van der Waals surface area contributed by atoms with Gasteiger partial charge in [0, 0.05) is 16.8 Å². The van der Waals surface area contributed by atoms with Crippen LogP contribution in [0.25, 0.3) is 0 Å². The van der Waals surface area contributed by atoms with Crippen LogP contribution in [0.3, 0.4) is 0 Å². The summed E-state index contributed by atoms with van der Waals surface area (Å²) in [5, 5.41) is 0. The lowest BCUT2D eigenvalue weighted by Crippen LogP contribution is -2.11. The molecule has 32 heavy (non-hydrogen) atoms. The highest BCUT2D eigenvalue weighted by Crippen LogP contribution is 2.46. The summed E-state index contributed by atoms with van der Waals surface area (Å²) >= 11 is 0. The van der Waals surface area contributed by atoms with Gasteiger partial charge in [0.2, 0.25) is 0 Å². The van der Waals surface area contributed by atoms with E-state index in [4.69, 9.17) is 15.2 Å². The Labute approximate surface area is 186 Å². The van der Waals surface area contributed by atoms with Gasteiger partial charge in [-0.15, -0.1) is 0 Å². The fraction of sp³-hybridized carbons (Fsp3) is 0.308. The molecule has 0 saturated carbocycles. The van der Waals surface area contributed by atoms with E-state index in [1.165, 1.54) is 0 Å². The zero-order valence-electron chi connectivity index (χ0n) is 18.1. The average molecular weight is 441 g/mol. The molecule has 3 nitrogen and oxygen atoms in total. The van der Waals surface area contributed by atoms with Gasteiger partial charge in [-0.2, -0.15) is 13.2 Å². The molecule has 1 aliphatic carbocycles. The monoisotopic (exact) mass is 441 g/mol. The van der Waals surface area contributed by atoms with Crippen LogP contribution in [0.15, 0.2) is 54.6 Å². The van der Waals surface area contributed by atoms with Gasteiger partial charge in [-0.1, -0.05) is 44.2 Å². The Balaban J connectivity index is 1.67. The number of nitrogen functional groups attached to an aromatic ring is 1. The van der Waals surface area contributed by atoms with E-state index >= 15 is 0 Å². The van der Waals surface area contributed by atoms with E-state index in [1.54, 1.807) is 18.2 Å². The number of hydrogen-bond donors (Lipinski definition) is 1. The first-order valence-corrected chi connectivity index (χ1v) is 10.7. The van der Waals surface area contributed by atoms with Crippen LogP contribution in [0, 0.1) is 0 Å². The Morgan fingerprint density at radius 1 is 0.969 bits per heavy atom. The summed E-state index contributed by atoms with van der Waals surface area (Å²) in [7, 11) is 0. The quantitative estimate of drug-likeness (QED) is 0.409. The summed E-state index contributed by atoms with van der Waals surface area (Å²) in [6, 6.07) is 16.0. The highest BCUT2D eigenvalue weighted by Gasteiger charge is 2.38. The Morgan fingerprint density at radius 2 is 1.69 bits per heavy atom. The summed E-state index contributed by atoms with van der Waals surface area (Å²) in [5.41, 5.74) is 8.52. The maximum absolute atomic E-state index is 13.8. The molecule has 0 amide bonds. The predicted molar refractivity (Wildman–Crippen MR) is 119 cm³/mol. The first kappa shape index (κ1) is 22.1. The number of benzene rings is 3. The molecule has 6 heteroatoms. The van der Waals surface area contributed by atoms with Crippen LogP contribution in [-0.2, 0) is 25.6 Å². The zero-order valence-corrected chi connectivity index (χ0v) is 18.1. The highest BCUT2D eigenvalue weighted by atomic mass is 19.4. The maximum Gasteiger partial charge on any atom is 0.420 e. The summed E-state index contributed by atoms with van der Waals surface area (Å²) in [5.74, 6) is 1.01. The lowest BCUT2D eigenvalue weighted by Gasteiger charge is -2.20. The van der Waals surface area contributed by atoms with Crippen LogP contribution in [0.1, 0.15) is 54.0 Å². The van der Waals surface area contributed by atoms with E-state index in [9.17, 15) is 13.2 Å². The van der Waals surface area contributed by atoms with Gasteiger partial charge in [0.05, 0.1) is 0 Å². The van der Waals surface area contributed by atoms with Crippen LogP contribution >= 0.6 is 0 Å². The third-order valence-corrected chi connectivity index (χ3v) is 5.75. The number of rotatable bonds is 6. The summed E-state index contributed by atoms with van der Waals surface area (Å²) < 4.78 is 53.2. The predicted octanol–water partition coefficient (Wildman–Crippen LogP) is 7.27. The van der Waals surface area contributed by atoms with Crippen LogP contribution in [0.4, 0.5) is 18.9 Å². The summed E-state index contributed by atoms with van der Waals surface area (Å²) in [6.07, 6.45) is -2.60. The maximum atomic E-state index is 13.8. The van der Waals surface area contributed by atoms with Crippen LogP contribution < -0.4 is 15.2 Å². The molecule has 0 fully saturated rings. The van der Waals surface area contributed by atoms with Crippen molar-refractivity contribution >= 4 is 5.69 Å². The Kier molecular flexibility index (Phi) is 6.04. The van der Waals surface area contributed by atoms with Crippen molar-refractivity contribution in [2.75, 3.05) is 5.73 Å². The third kappa shape index (κ3) is 4.54. The summed E-state index contributed by atoms with van der Waals surface area (Å²) in [6.45, 7) is 4.43. The molecule has 0 spiro atoms. The average Bonchev–Trinajstić information content (AvgIpc) is 3.25. The highest BCUT2D eigenvalue weighted by molar-refractivity contribution is 5.63. The fourth-order valence-electron chi connectivity index (χ4n) is 4.14. The Hall–Kier alpha value is -3.15. The van der Waals surface area contributed by atoms with E-state index in [0.717, 1.165) is 29.2 Å². The smallest absolute Gasteiger partial charge is 0.420 e. The molecule has 0 bridgehead atoms. The van der Waals surface area contributed by atoms with Crippen molar-refractivity contribution in [3.8, 4) is 17.2 Å². The minimum atomic E-state index is -4.55. The molecule has 0 radical (unpaired) electrons. The van der Waals surface area contributed by atoms with Gasteiger partial charge in [0.25, 0.3) is 0 Å². The minimum absolute atomic E-state index is 0.101. The Morgan fingerprint density at radius 3 is 2.38 bits per heavy atom. The van der Waals surface area contributed by atoms with Gasteiger partial charge in [-0.25, -0.2) is 0 Å². The molecule has 4 rings (SSSR count). The van der Waals surface area contributed by atoms with Gasteiger partial charge in [0.15, 0.2) is 0 Å². The van der Waals surface area contributed by atoms with E-state index in [0.29, 0.717) is 36.5 Å². The van der Waals surface area contributed by atoms with E-state index in [-0.39, 0.29) is 17.4 Å². The van der Waals surface area contributed by atoms with Crippen LogP contribution in [-0.4, -0.2) is 0 Å². The SMILES string of the molecule is CC(C)c1cc(Oc2c(C(F)(F)F)cc(N)c3c2CCC3)ccc1OCc1ccccc1. The number of ether oxygens (including phenoxy) is 2. The minimum Gasteiger partial charge on any atom is -0.489 e. The second-order valence-electron chi connectivity index (χ2n) is 8.38. The molecular weight excluding hydrogens is 415 g/mol. The number of fused-ring (bicyclic) bond motifs is 1. The van der Waals surface area contributed by atoms with Crippen molar-refractivity contribution in [3.63, 3.8) is 0 Å². The van der Waals surface area contributed by atoms with Crippen molar-refractivity contribution in [3.05, 3.63) is 82.4 Å². The molecule has 0 atom stereocenters. The van der Waals surface area contributed by atoms with Gasteiger partial charge in [-0.3, -0.25) is 0 Å². The van der Waals surface area contributed by atoms with Crippen LogP contribution in [0.2, 0.25) is 0 Å². The second kappa shape index (κ2) is 8.77. The molecule has 1 aliphatic rings. The van der Waals surface area contributed by atoms with Gasteiger partial charge < -0.3 is 15.2 Å². The first-order valence-electron chi connectivity index (χ1n) is 10.7. The number of halogens is 3. The molecule has 0 saturated heterocycles. The molecule has 0 aromatic heterocycles. The number of nitrogens with two attached hydrogens (primary N) is 1. The topological polar surface area (TPSA) is 44.5 Å². The lowest BCUT2D eigenvalue weighted by atomic mass is 10.0. The molecule has 168 valence electrons. The number of alkyl halides is 3. The molecule has 0 heterocycles. The lowest BCUT2D eigenvalue weighted by molar-refractivity contribution is -0.138. The van der Waals surface area contributed by atoms with Gasteiger partial charge in [-0.05, 0) is 60.6 Å². The van der Waals surface area contributed by atoms with E-state index in [2.05, 4.69) is 0 Å². The normalized spacial score (nSPS) is 13.3. The zero-order chi connectivity index (χ0) is 22.9. The van der Waals surface area contributed by atoms with Crippen molar-refractivity contribution in [2.45, 2.75) is 51.8 Å². The Bertz CT molecular complexity index is 1110. The molecule has 2 N–H and O–H groups in total. The molecule has 3 aromatic carbocycles. The molecule has 0 unspecified atom stereocenters. The van der Waals surface area contributed by atoms with Crippen molar-refractivity contribution in [1.29, 1.82) is 0 Å².